The van der Waals surface area contributed by atoms with Crippen molar-refractivity contribution in [2.75, 3.05) is 17.3 Å². The summed E-state index contributed by atoms with van der Waals surface area (Å²) in [6, 6.07) is 29.9. The Morgan fingerprint density at radius 3 is 2.15 bits per heavy atom. The average molecular weight is 603 g/mol. The van der Waals surface area contributed by atoms with E-state index in [0.717, 1.165) is 16.7 Å². The molecule has 1 amide bonds. The van der Waals surface area contributed by atoms with Gasteiger partial charge in [0.2, 0.25) is 0 Å². The number of carbonyl (C=O) groups is 2. The highest BCUT2D eigenvalue weighted by Crippen LogP contribution is 2.30. The van der Waals surface area contributed by atoms with Crippen LogP contribution in [-0.4, -0.2) is 29.4 Å². The van der Waals surface area contributed by atoms with Crippen LogP contribution >= 0.6 is 15.9 Å². The molecule has 206 valence electrons. The number of alkyl halides is 1. The molecular formula is C33H32BrNO5. The second-order valence-corrected chi connectivity index (χ2v) is 10.8. The molecule has 4 aromatic carbocycles. The van der Waals surface area contributed by atoms with Crippen LogP contribution in [0.3, 0.4) is 0 Å². The molecule has 0 aliphatic rings. The Bertz CT molecular complexity index is 1450. The zero-order valence-electron chi connectivity index (χ0n) is 22.8. The molecule has 0 fully saturated rings. The van der Waals surface area contributed by atoms with Gasteiger partial charge in [0.05, 0.1) is 23.4 Å². The summed E-state index contributed by atoms with van der Waals surface area (Å²) in [6.45, 7) is 6.13. The fourth-order valence-electron chi connectivity index (χ4n) is 3.95. The highest BCUT2D eigenvalue weighted by molar-refractivity contribution is 9.09. The number of ether oxygens (including phenoxy) is 3. The van der Waals surface area contributed by atoms with Gasteiger partial charge in [-0.15, -0.1) is 0 Å². The molecule has 0 radical (unpaired) electrons. The van der Waals surface area contributed by atoms with E-state index in [4.69, 9.17) is 14.2 Å². The number of rotatable bonds is 10. The van der Waals surface area contributed by atoms with Gasteiger partial charge in [0.25, 0.3) is 5.91 Å². The molecule has 0 saturated carbocycles. The number of halogens is 1. The van der Waals surface area contributed by atoms with Crippen molar-refractivity contribution in [2.24, 2.45) is 0 Å². The van der Waals surface area contributed by atoms with E-state index in [2.05, 4.69) is 21.2 Å². The lowest BCUT2D eigenvalue weighted by molar-refractivity contribution is 0.00707. The van der Waals surface area contributed by atoms with Gasteiger partial charge in [0.1, 0.15) is 23.7 Å². The first kappa shape index (κ1) is 28.9. The topological polar surface area (TPSA) is 73.9 Å². The Hall–Kier alpha value is -4.10. The smallest absolute Gasteiger partial charge is 0.340 e. The minimum atomic E-state index is -0.698. The van der Waals surface area contributed by atoms with Crippen LogP contribution in [0.25, 0.3) is 11.1 Å². The summed E-state index contributed by atoms with van der Waals surface area (Å²) in [5.41, 5.74) is 2.93. The number of carbonyl (C=O) groups excluding carboxylic acids is 2. The molecule has 0 aliphatic carbocycles. The quantitative estimate of drug-likeness (QED) is 0.148. The second kappa shape index (κ2) is 13.3. The maximum absolute atomic E-state index is 13.8. The van der Waals surface area contributed by atoms with Crippen molar-refractivity contribution < 1.29 is 23.8 Å². The van der Waals surface area contributed by atoms with E-state index >= 15 is 0 Å². The standard InChI is InChI=1S/C33H32BrNO5/c1-33(2,3)40-32(37)27-16-14-25(24-12-8-5-9-13-24)20-29(27)35-31(36)28-21-26(38-19-18-34)15-17-30(28)39-22-23-10-6-4-7-11-23/h4-17,20-21H,18-19,22H2,1-3H3,(H,35,36). The van der Waals surface area contributed by atoms with Crippen LogP contribution in [0.1, 0.15) is 47.1 Å². The number of amides is 1. The molecule has 0 bridgehead atoms. The highest BCUT2D eigenvalue weighted by atomic mass is 79.9. The van der Waals surface area contributed by atoms with Crippen LogP contribution < -0.4 is 14.8 Å². The number of esters is 1. The van der Waals surface area contributed by atoms with Crippen molar-refractivity contribution in [3.05, 3.63) is 114 Å². The molecule has 0 atom stereocenters. The highest BCUT2D eigenvalue weighted by Gasteiger charge is 2.23. The van der Waals surface area contributed by atoms with E-state index in [1.807, 2.05) is 66.7 Å². The van der Waals surface area contributed by atoms with Crippen molar-refractivity contribution >= 4 is 33.5 Å². The van der Waals surface area contributed by atoms with Crippen LogP contribution in [0.15, 0.2) is 97.1 Å². The van der Waals surface area contributed by atoms with E-state index in [0.29, 0.717) is 29.1 Å². The first-order valence-corrected chi connectivity index (χ1v) is 14.1. The lowest BCUT2D eigenvalue weighted by Crippen LogP contribution is -2.25. The van der Waals surface area contributed by atoms with Crippen molar-refractivity contribution in [1.29, 1.82) is 0 Å². The van der Waals surface area contributed by atoms with Crippen molar-refractivity contribution in [3.8, 4) is 22.6 Å². The fourth-order valence-corrected chi connectivity index (χ4v) is 4.11. The first-order valence-electron chi connectivity index (χ1n) is 13.0. The summed E-state index contributed by atoms with van der Waals surface area (Å²) >= 11 is 3.36. The van der Waals surface area contributed by atoms with Gasteiger partial charge < -0.3 is 19.5 Å². The summed E-state index contributed by atoms with van der Waals surface area (Å²) in [7, 11) is 0. The SMILES string of the molecule is CC(C)(C)OC(=O)c1ccc(-c2ccccc2)cc1NC(=O)c1cc(OCCBr)ccc1OCc1ccccc1. The van der Waals surface area contributed by atoms with Crippen LogP contribution in [0.4, 0.5) is 5.69 Å². The zero-order chi connectivity index (χ0) is 28.5. The molecule has 0 heterocycles. The summed E-state index contributed by atoms with van der Waals surface area (Å²) in [5.74, 6) is -0.0487. The minimum Gasteiger partial charge on any atom is -0.493 e. The van der Waals surface area contributed by atoms with Crippen LogP contribution in [0.2, 0.25) is 0 Å². The molecule has 0 aromatic heterocycles. The summed E-state index contributed by atoms with van der Waals surface area (Å²) < 4.78 is 17.4. The van der Waals surface area contributed by atoms with Gasteiger partial charge >= 0.3 is 5.97 Å². The van der Waals surface area contributed by atoms with Gasteiger partial charge in [-0.1, -0.05) is 82.7 Å². The summed E-state index contributed by atoms with van der Waals surface area (Å²) in [5, 5.41) is 3.59. The first-order chi connectivity index (χ1) is 19.2. The third kappa shape index (κ3) is 7.96. The van der Waals surface area contributed by atoms with Gasteiger partial charge in [-0.2, -0.15) is 0 Å². The monoisotopic (exact) mass is 601 g/mol. The predicted octanol–water partition coefficient (Wildman–Crippen LogP) is 7.91. The van der Waals surface area contributed by atoms with E-state index in [9.17, 15) is 9.59 Å². The summed E-state index contributed by atoms with van der Waals surface area (Å²) in [4.78, 5) is 26.9. The third-order valence-electron chi connectivity index (χ3n) is 5.77. The molecule has 6 nitrogen and oxygen atoms in total. The molecule has 4 rings (SSSR count). The van der Waals surface area contributed by atoms with Gasteiger partial charge in [0, 0.05) is 5.33 Å². The van der Waals surface area contributed by atoms with Crippen molar-refractivity contribution in [1.82, 2.24) is 0 Å². The number of hydrogen-bond acceptors (Lipinski definition) is 5. The molecule has 0 aliphatic heterocycles. The Morgan fingerprint density at radius 2 is 1.48 bits per heavy atom. The number of nitrogens with one attached hydrogen (secondary N) is 1. The van der Waals surface area contributed by atoms with E-state index < -0.39 is 17.5 Å². The molecule has 0 unspecified atom stereocenters. The van der Waals surface area contributed by atoms with Crippen LogP contribution in [0, 0.1) is 0 Å². The van der Waals surface area contributed by atoms with Gasteiger partial charge in [0.15, 0.2) is 0 Å². The van der Waals surface area contributed by atoms with Crippen molar-refractivity contribution in [2.45, 2.75) is 33.0 Å². The Balaban J connectivity index is 1.69. The van der Waals surface area contributed by atoms with E-state index in [1.165, 1.54) is 0 Å². The molecule has 4 aromatic rings. The Labute approximate surface area is 243 Å². The average Bonchev–Trinajstić information content (AvgIpc) is 2.95. The van der Waals surface area contributed by atoms with E-state index in [-0.39, 0.29) is 17.7 Å². The summed E-state index contributed by atoms with van der Waals surface area (Å²) in [6.07, 6.45) is 0. The molecule has 0 saturated heterocycles. The number of anilines is 1. The van der Waals surface area contributed by atoms with Gasteiger partial charge in [-0.3, -0.25) is 4.79 Å². The zero-order valence-corrected chi connectivity index (χ0v) is 24.4. The Morgan fingerprint density at radius 1 is 0.775 bits per heavy atom. The molecule has 40 heavy (non-hydrogen) atoms. The second-order valence-electron chi connectivity index (χ2n) is 10.1. The normalized spacial score (nSPS) is 11.0. The lowest BCUT2D eigenvalue weighted by atomic mass is 10.0. The predicted molar refractivity (Wildman–Crippen MR) is 162 cm³/mol. The minimum absolute atomic E-state index is 0.251. The van der Waals surface area contributed by atoms with Crippen LogP contribution in [-0.2, 0) is 11.3 Å². The number of hydrogen-bond donors (Lipinski definition) is 1. The van der Waals surface area contributed by atoms with Gasteiger partial charge in [-0.05, 0) is 67.8 Å². The maximum atomic E-state index is 13.8. The maximum Gasteiger partial charge on any atom is 0.340 e. The van der Waals surface area contributed by atoms with E-state index in [1.54, 1.807) is 51.1 Å². The lowest BCUT2D eigenvalue weighted by Gasteiger charge is -2.21. The molecule has 7 heteroatoms. The Kier molecular flexibility index (Phi) is 9.61. The largest absolute Gasteiger partial charge is 0.493 e. The molecule has 0 spiro atoms. The van der Waals surface area contributed by atoms with Crippen molar-refractivity contribution in [3.63, 3.8) is 0 Å². The molecular weight excluding hydrogens is 570 g/mol. The molecule has 1 N–H and O–H groups in total. The van der Waals surface area contributed by atoms with Gasteiger partial charge in [-0.25, -0.2) is 4.79 Å². The third-order valence-corrected chi connectivity index (χ3v) is 6.10. The fraction of sp³-hybridized carbons (Fsp3) is 0.212. The van der Waals surface area contributed by atoms with Crippen LogP contribution in [0.5, 0.6) is 11.5 Å². The number of benzene rings is 4.